The third-order valence-corrected chi connectivity index (χ3v) is 0. The van der Waals surface area contributed by atoms with Gasteiger partial charge in [-0.1, -0.05) is 0 Å². The fourth-order valence-corrected chi connectivity index (χ4v) is 0. The van der Waals surface area contributed by atoms with E-state index in [9.17, 15) is 0 Å². The van der Waals surface area contributed by atoms with Crippen LogP contribution in [0.3, 0.4) is 0 Å². The van der Waals surface area contributed by atoms with Crippen molar-refractivity contribution in [1.29, 1.82) is 0 Å². The fourth-order valence-electron chi connectivity index (χ4n) is 0. The zero-order chi connectivity index (χ0) is 2.00. The summed E-state index contributed by atoms with van der Waals surface area (Å²) >= 11 is 2.62. The van der Waals surface area contributed by atoms with E-state index in [1.165, 1.54) is 0 Å². The summed E-state index contributed by atoms with van der Waals surface area (Å²) in [6.45, 7) is 0. The third kappa shape index (κ3) is 50.0. The van der Waals surface area contributed by atoms with Crippen molar-refractivity contribution in [2.75, 3.05) is 0 Å². The van der Waals surface area contributed by atoms with Crippen LogP contribution >= 0.6 is 0 Å². The van der Waals surface area contributed by atoms with Gasteiger partial charge in [-0.25, -0.2) is 0 Å². The minimum atomic E-state index is 0. The first-order valence-corrected chi connectivity index (χ1v) is 0.532. The van der Waals surface area contributed by atoms with Crippen molar-refractivity contribution >= 4 is 0 Å². The average Bonchev–Trinajstić information content (AvgIpc) is 1.00. The summed E-state index contributed by atoms with van der Waals surface area (Å²) in [7, 11) is 0. The molecule has 0 bridgehead atoms. The standard InChI is InChI=1S/2Ce.Ni.4O/q2*+3;;;3*-2. The van der Waals surface area contributed by atoms with E-state index < -0.39 is 0 Å². The van der Waals surface area contributed by atoms with E-state index in [0.29, 0.717) is 0 Å². The Labute approximate surface area is 116 Å². The topological polar surface area (TPSA) is 103 Å². The van der Waals surface area contributed by atoms with E-state index in [2.05, 4.69) is 15.4 Å². The Morgan fingerprint density at radius 3 is 0.714 bits per heavy atom. The molecule has 0 aliphatic heterocycles. The molecule has 0 aromatic rings. The van der Waals surface area contributed by atoms with E-state index in [-0.39, 0.29) is 99.9 Å². The second-order valence-corrected chi connectivity index (χ2v) is 0. The quantitative estimate of drug-likeness (QED) is 0.502. The Hall–Kier alpha value is 2.93. The average molecular weight is 403 g/mol. The maximum atomic E-state index is 7.88. The Morgan fingerprint density at radius 1 is 0.714 bits per heavy atom. The summed E-state index contributed by atoms with van der Waals surface area (Å²) in [4.78, 5) is 0. The molecule has 0 amide bonds. The molecule has 0 fully saturated rings. The summed E-state index contributed by atoms with van der Waals surface area (Å²) in [5.74, 6) is 0. The van der Waals surface area contributed by atoms with Crippen LogP contribution < -0.4 is 0 Å². The van der Waals surface area contributed by atoms with Gasteiger partial charge in [0.05, 0.1) is 0 Å². The molecule has 0 N–H and O–H groups in total. The van der Waals surface area contributed by atoms with Crippen molar-refractivity contribution in [2.24, 2.45) is 0 Å². The van der Waals surface area contributed by atoms with Gasteiger partial charge in [0.15, 0.2) is 0 Å². The molecule has 0 aromatic carbocycles. The van der Waals surface area contributed by atoms with Crippen LogP contribution in [0, 0.1) is 83.5 Å². The van der Waals surface area contributed by atoms with E-state index in [1.807, 2.05) is 0 Å². The number of rotatable bonds is 0. The molecule has 0 rings (SSSR count). The van der Waals surface area contributed by atoms with Gasteiger partial charge in [-0.2, -0.15) is 0 Å². The molecule has 0 heterocycles. The second-order valence-electron chi connectivity index (χ2n) is 0. The maximum absolute atomic E-state index is 7.88. The summed E-state index contributed by atoms with van der Waals surface area (Å²) < 4.78 is 7.88. The molecular formula is Ce2NiO4. The van der Waals surface area contributed by atoms with E-state index >= 15 is 0 Å². The van der Waals surface area contributed by atoms with Gasteiger partial charge >= 0.3 is 103 Å². The van der Waals surface area contributed by atoms with Crippen LogP contribution in [0.4, 0.5) is 0 Å². The predicted octanol–water partition coefficient (Wildman–Crippen LogP) is -0.478. The Balaban J connectivity index is -0.000000000500. The molecule has 0 aliphatic carbocycles. The van der Waals surface area contributed by atoms with Crippen molar-refractivity contribution in [3.05, 3.63) is 0 Å². The Morgan fingerprint density at radius 2 is 0.714 bits per heavy atom. The molecule has 2 radical (unpaired) electrons. The van der Waals surface area contributed by atoms with Crippen molar-refractivity contribution < 1.29 is 119 Å². The zero-order valence-electron chi connectivity index (χ0n) is 2.95. The first kappa shape index (κ1) is 51.3. The van der Waals surface area contributed by atoms with Crippen LogP contribution in [-0.2, 0) is 35.7 Å². The van der Waals surface area contributed by atoms with Gasteiger partial charge in [-0.05, 0) is 0 Å². The number of hydrogen-bond donors (Lipinski definition) is 0. The van der Waals surface area contributed by atoms with Gasteiger partial charge in [0.1, 0.15) is 0 Å². The summed E-state index contributed by atoms with van der Waals surface area (Å²) in [5, 5.41) is 0. The van der Waals surface area contributed by atoms with E-state index in [1.54, 1.807) is 0 Å². The van der Waals surface area contributed by atoms with Gasteiger partial charge in [-0.3, -0.25) is 0 Å². The van der Waals surface area contributed by atoms with E-state index in [4.69, 9.17) is 3.90 Å². The summed E-state index contributed by atoms with van der Waals surface area (Å²) in [5.41, 5.74) is 0. The molecule has 0 saturated carbocycles. The first-order chi connectivity index (χ1) is 1.00. The summed E-state index contributed by atoms with van der Waals surface area (Å²) in [6, 6.07) is 0. The number of hydrogen-bond acceptors (Lipinski definition) is 1. The zero-order valence-corrected chi connectivity index (χ0v) is 10.2. The van der Waals surface area contributed by atoms with Gasteiger partial charge < -0.3 is 16.4 Å². The molecule has 0 aliphatic rings. The fraction of sp³-hybridized carbons (Fsp3) is 0. The van der Waals surface area contributed by atoms with Gasteiger partial charge in [-0.15, -0.1) is 0 Å². The molecule has 0 unspecified atom stereocenters. The van der Waals surface area contributed by atoms with Crippen LogP contribution in [0.25, 0.3) is 0 Å². The monoisotopic (exact) mass is 402 g/mol. The molecule has 42 valence electrons. The minimum absolute atomic E-state index is 0. The molecule has 0 aromatic heterocycles. The van der Waals surface area contributed by atoms with Crippen molar-refractivity contribution in [3.8, 4) is 0 Å². The van der Waals surface area contributed by atoms with Crippen LogP contribution in [0.15, 0.2) is 0 Å². The second kappa shape index (κ2) is 65.5. The molecular weight excluding hydrogens is 403 g/mol. The molecule has 7 heteroatoms. The summed E-state index contributed by atoms with van der Waals surface area (Å²) in [6.07, 6.45) is 0. The van der Waals surface area contributed by atoms with Crippen molar-refractivity contribution in [2.45, 2.75) is 0 Å². The Kier molecular flexibility index (Phi) is 480. The van der Waals surface area contributed by atoms with Crippen LogP contribution in [-0.4, -0.2) is 0 Å². The van der Waals surface area contributed by atoms with Crippen molar-refractivity contribution in [3.63, 3.8) is 0 Å². The van der Waals surface area contributed by atoms with Gasteiger partial charge in [0.25, 0.3) is 0 Å². The molecule has 0 spiro atoms. The molecule has 4 nitrogen and oxygen atoms in total. The van der Waals surface area contributed by atoms with Crippen molar-refractivity contribution in [1.82, 2.24) is 0 Å². The van der Waals surface area contributed by atoms with Gasteiger partial charge in [0.2, 0.25) is 0 Å². The molecule has 0 atom stereocenters. The predicted molar refractivity (Wildman–Crippen MR) is 2.75 cm³/mol. The third-order valence-electron chi connectivity index (χ3n) is 0. The normalized spacial score (nSPS) is 0.857. The van der Waals surface area contributed by atoms with Crippen LogP contribution in [0.2, 0.25) is 0 Å². The first-order valence-electron chi connectivity index (χ1n) is 0.129. The van der Waals surface area contributed by atoms with Crippen LogP contribution in [0.5, 0.6) is 0 Å². The SMILES string of the molecule is [Ce+3].[Ce+3].[O-2].[O-2].[O-2].[O]=[Ni]. The Bertz CT molecular complexity index is 9.65. The van der Waals surface area contributed by atoms with E-state index in [0.717, 1.165) is 0 Å². The molecule has 0 saturated heterocycles. The van der Waals surface area contributed by atoms with Crippen LogP contribution in [0.1, 0.15) is 0 Å². The molecule has 7 heavy (non-hydrogen) atoms. The van der Waals surface area contributed by atoms with Gasteiger partial charge in [0, 0.05) is 0 Å².